The predicted octanol–water partition coefficient (Wildman–Crippen LogP) is 6.25. The lowest BCUT2D eigenvalue weighted by Crippen LogP contribution is -2.54. The van der Waals surface area contributed by atoms with Crippen molar-refractivity contribution in [3.05, 3.63) is 24.6 Å². The molecule has 0 aromatic rings. The van der Waals surface area contributed by atoms with E-state index in [4.69, 9.17) is 0 Å². The van der Waals surface area contributed by atoms with E-state index < -0.39 is 0 Å². The molecule has 1 aliphatic heterocycles. The summed E-state index contributed by atoms with van der Waals surface area (Å²) in [5, 5.41) is 12.9. The minimum absolute atomic E-state index is 0.265. The molecule has 0 radical (unpaired) electrons. The van der Waals surface area contributed by atoms with E-state index in [1.807, 2.05) is 0 Å². The predicted molar refractivity (Wildman–Crippen MR) is 118 cm³/mol. The number of aliphatic hydroxyl groups is 1. The highest BCUT2D eigenvalue weighted by Gasteiger charge is 2.35. The normalized spacial score (nSPS) is 22.0. The van der Waals surface area contributed by atoms with Crippen molar-refractivity contribution in [2.45, 2.75) is 110 Å². The molecule has 1 heterocycles. The molecule has 1 aliphatic rings. The van der Waals surface area contributed by atoms with E-state index in [2.05, 4.69) is 43.7 Å². The van der Waals surface area contributed by atoms with Crippen LogP contribution >= 0.6 is 0 Å². The van der Waals surface area contributed by atoms with Crippen molar-refractivity contribution in [2.75, 3.05) is 19.7 Å². The lowest BCUT2D eigenvalue weighted by atomic mass is 10.1. The maximum Gasteiger partial charge on any atom is 0.166 e. The van der Waals surface area contributed by atoms with E-state index in [0.29, 0.717) is 6.17 Å². The van der Waals surface area contributed by atoms with Crippen LogP contribution in [-0.2, 0) is 0 Å². The molecule has 0 fully saturated rings. The molecule has 0 bridgehead atoms. The maximum absolute atomic E-state index is 9.36. The van der Waals surface area contributed by atoms with Gasteiger partial charge < -0.3 is 10.4 Å². The Hall–Kier alpha value is -0.800. The molecule has 0 amide bonds. The van der Waals surface area contributed by atoms with Gasteiger partial charge in [-0.3, -0.25) is 4.48 Å². The van der Waals surface area contributed by atoms with Crippen molar-refractivity contribution >= 4 is 0 Å². The van der Waals surface area contributed by atoms with Crippen LogP contribution in [0.15, 0.2) is 24.6 Å². The van der Waals surface area contributed by atoms with Crippen LogP contribution in [0, 0.1) is 0 Å². The molecule has 3 nitrogen and oxygen atoms in total. The zero-order valence-corrected chi connectivity index (χ0v) is 18.3. The molecular formula is C24H47N2O+. The fourth-order valence-corrected chi connectivity index (χ4v) is 4.20. The SMILES string of the molecule is CCCCCCCCC/C=C/CCCCCCC1NC=C[N+]1(CC)CCO. The van der Waals surface area contributed by atoms with Crippen LogP contribution in [0.2, 0.25) is 0 Å². The first kappa shape index (κ1) is 24.2. The Morgan fingerprint density at radius 1 is 0.852 bits per heavy atom. The first-order chi connectivity index (χ1) is 13.3. The lowest BCUT2D eigenvalue weighted by Gasteiger charge is -2.36. The smallest absolute Gasteiger partial charge is 0.166 e. The third-order valence-electron chi connectivity index (χ3n) is 6.13. The number of rotatable bonds is 18. The van der Waals surface area contributed by atoms with Crippen LogP contribution in [-0.4, -0.2) is 35.5 Å². The van der Waals surface area contributed by atoms with Gasteiger partial charge in [0.1, 0.15) is 12.7 Å². The molecule has 0 saturated carbocycles. The molecule has 2 unspecified atom stereocenters. The van der Waals surface area contributed by atoms with Gasteiger partial charge in [-0.15, -0.1) is 0 Å². The van der Waals surface area contributed by atoms with Crippen molar-refractivity contribution < 1.29 is 9.59 Å². The van der Waals surface area contributed by atoms with Crippen LogP contribution in [0.3, 0.4) is 0 Å². The second-order valence-electron chi connectivity index (χ2n) is 8.24. The molecule has 158 valence electrons. The summed E-state index contributed by atoms with van der Waals surface area (Å²) in [5.41, 5.74) is 0. The number of unbranched alkanes of at least 4 members (excludes halogenated alkanes) is 11. The van der Waals surface area contributed by atoms with Gasteiger partial charge in [0.25, 0.3) is 0 Å². The van der Waals surface area contributed by atoms with Crippen LogP contribution < -0.4 is 5.32 Å². The van der Waals surface area contributed by atoms with Gasteiger partial charge in [-0.25, -0.2) is 0 Å². The van der Waals surface area contributed by atoms with E-state index in [0.717, 1.165) is 17.6 Å². The molecule has 0 saturated heterocycles. The quantitative estimate of drug-likeness (QED) is 0.167. The number of hydrogen-bond donors (Lipinski definition) is 2. The van der Waals surface area contributed by atoms with E-state index in [1.165, 1.54) is 89.9 Å². The second kappa shape index (κ2) is 16.2. The molecule has 0 aromatic carbocycles. The molecule has 2 N–H and O–H groups in total. The lowest BCUT2D eigenvalue weighted by molar-refractivity contribution is -0.900. The molecule has 1 rings (SSSR count). The van der Waals surface area contributed by atoms with Gasteiger partial charge in [0.05, 0.1) is 19.4 Å². The number of nitrogens with one attached hydrogen (secondary N) is 1. The van der Waals surface area contributed by atoms with E-state index >= 15 is 0 Å². The van der Waals surface area contributed by atoms with Crippen LogP contribution in [0.5, 0.6) is 0 Å². The first-order valence-electron chi connectivity index (χ1n) is 11.8. The van der Waals surface area contributed by atoms with Gasteiger partial charge in [0.2, 0.25) is 0 Å². The zero-order valence-electron chi connectivity index (χ0n) is 18.3. The number of allylic oxidation sites excluding steroid dienone is 2. The van der Waals surface area contributed by atoms with Crippen molar-refractivity contribution in [3.63, 3.8) is 0 Å². The summed E-state index contributed by atoms with van der Waals surface area (Å²) in [5.74, 6) is 0. The van der Waals surface area contributed by atoms with Gasteiger partial charge in [0, 0.05) is 6.42 Å². The monoisotopic (exact) mass is 379 g/mol. The number of aliphatic hydroxyl groups excluding tert-OH is 1. The highest BCUT2D eigenvalue weighted by atomic mass is 16.3. The Morgan fingerprint density at radius 2 is 1.44 bits per heavy atom. The molecule has 3 heteroatoms. The molecular weight excluding hydrogens is 332 g/mol. The number of nitrogens with zero attached hydrogens (tertiary/aromatic N) is 1. The fraction of sp³-hybridized carbons (Fsp3) is 0.833. The average Bonchev–Trinajstić information content (AvgIpc) is 3.08. The first-order valence-corrected chi connectivity index (χ1v) is 11.8. The summed E-state index contributed by atoms with van der Waals surface area (Å²) in [6.07, 6.45) is 28.4. The molecule has 0 spiro atoms. The zero-order chi connectivity index (χ0) is 19.6. The fourth-order valence-electron chi connectivity index (χ4n) is 4.20. The molecule has 27 heavy (non-hydrogen) atoms. The Bertz CT molecular complexity index is 394. The molecule has 0 aliphatic carbocycles. The van der Waals surface area contributed by atoms with Gasteiger partial charge >= 0.3 is 0 Å². The number of quaternary nitrogens is 1. The summed E-state index contributed by atoms with van der Waals surface area (Å²) in [4.78, 5) is 0. The van der Waals surface area contributed by atoms with E-state index in [1.54, 1.807) is 0 Å². The van der Waals surface area contributed by atoms with Gasteiger partial charge in [-0.05, 0) is 39.0 Å². The number of likely N-dealkylation sites (N-methyl/N-ethyl adjacent to an activating group) is 1. The van der Waals surface area contributed by atoms with Crippen molar-refractivity contribution in [1.82, 2.24) is 5.32 Å². The minimum Gasteiger partial charge on any atom is -0.390 e. The minimum atomic E-state index is 0.265. The Balaban J connectivity index is 1.93. The largest absolute Gasteiger partial charge is 0.390 e. The third kappa shape index (κ3) is 10.4. The van der Waals surface area contributed by atoms with Gasteiger partial charge in [-0.2, -0.15) is 0 Å². The second-order valence-corrected chi connectivity index (χ2v) is 8.24. The Kier molecular flexibility index (Phi) is 14.5. The van der Waals surface area contributed by atoms with Gasteiger partial charge in [0.15, 0.2) is 6.17 Å². The van der Waals surface area contributed by atoms with Crippen LogP contribution in [0.25, 0.3) is 0 Å². The van der Waals surface area contributed by atoms with Crippen LogP contribution in [0.1, 0.15) is 104 Å². The maximum atomic E-state index is 9.36. The topological polar surface area (TPSA) is 32.3 Å². The highest BCUT2D eigenvalue weighted by Crippen LogP contribution is 2.22. The third-order valence-corrected chi connectivity index (χ3v) is 6.13. The van der Waals surface area contributed by atoms with Crippen molar-refractivity contribution in [2.24, 2.45) is 0 Å². The standard InChI is InChI=1S/C24H47N2O/c1-3-5-6-7-8-9-10-11-12-13-14-15-16-17-18-19-24-25-20-21-26(24,4-2)22-23-27/h12-13,20-21,24-25,27H,3-11,14-19,22-23H2,1-2H3/q+1/b13-12+. The Labute approximate surface area is 169 Å². The van der Waals surface area contributed by atoms with E-state index in [-0.39, 0.29) is 6.61 Å². The van der Waals surface area contributed by atoms with Crippen LogP contribution in [0.4, 0.5) is 0 Å². The molecule has 0 aromatic heterocycles. The van der Waals surface area contributed by atoms with E-state index in [9.17, 15) is 5.11 Å². The summed E-state index contributed by atoms with van der Waals surface area (Å²) < 4.78 is 0.901. The summed E-state index contributed by atoms with van der Waals surface area (Å²) >= 11 is 0. The van der Waals surface area contributed by atoms with Crippen molar-refractivity contribution in [3.8, 4) is 0 Å². The van der Waals surface area contributed by atoms with Crippen molar-refractivity contribution in [1.29, 1.82) is 0 Å². The summed E-state index contributed by atoms with van der Waals surface area (Å²) in [6.45, 7) is 6.65. The van der Waals surface area contributed by atoms with Gasteiger partial charge in [-0.1, -0.05) is 70.4 Å². The average molecular weight is 380 g/mol. The summed E-state index contributed by atoms with van der Waals surface area (Å²) in [6, 6.07) is 0. The summed E-state index contributed by atoms with van der Waals surface area (Å²) in [7, 11) is 0. The Morgan fingerprint density at radius 3 is 2.04 bits per heavy atom. The molecule has 2 atom stereocenters. The number of hydrogen-bond acceptors (Lipinski definition) is 2. The highest BCUT2D eigenvalue weighted by molar-refractivity contribution is 4.84.